The lowest BCUT2D eigenvalue weighted by Gasteiger charge is -2.43. The van der Waals surface area contributed by atoms with Gasteiger partial charge in [0.05, 0.1) is 5.54 Å². The highest BCUT2D eigenvalue weighted by Crippen LogP contribution is 2.39. The normalized spacial score (nSPS) is 35.3. The molecule has 0 bridgehead atoms. The maximum absolute atomic E-state index is 12.8. The zero-order valence-electron chi connectivity index (χ0n) is 11.4. The first-order valence-corrected chi connectivity index (χ1v) is 7.81. The molecule has 0 radical (unpaired) electrons. The molecule has 102 valence electrons. The van der Waals surface area contributed by atoms with Crippen molar-refractivity contribution in [2.24, 2.45) is 11.7 Å². The number of fused-ring (bicyclic) bond motifs is 1. The number of nitrogens with zero attached hydrogens (tertiary/aromatic N) is 1. The van der Waals surface area contributed by atoms with Crippen molar-refractivity contribution in [1.82, 2.24) is 4.90 Å². The highest BCUT2D eigenvalue weighted by Gasteiger charge is 2.44. The Bertz CT molecular complexity index is 322. The average molecular weight is 250 g/mol. The molecule has 0 spiro atoms. The second-order valence-corrected chi connectivity index (χ2v) is 6.62. The average Bonchev–Trinajstić information content (AvgIpc) is 2.87. The summed E-state index contributed by atoms with van der Waals surface area (Å²) < 4.78 is 0. The van der Waals surface area contributed by atoms with Gasteiger partial charge in [-0.3, -0.25) is 4.79 Å². The largest absolute Gasteiger partial charge is 0.338 e. The van der Waals surface area contributed by atoms with Crippen molar-refractivity contribution in [2.45, 2.75) is 75.8 Å². The minimum Gasteiger partial charge on any atom is -0.338 e. The first-order valence-electron chi connectivity index (χ1n) is 7.81. The molecule has 2 aliphatic carbocycles. The van der Waals surface area contributed by atoms with Crippen LogP contribution in [0.3, 0.4) is 0 Å². The number of nitrogens with two attached hydrogens (primary N) is 1. The van der Waals surface area contributed by atoms with Crippen LogP contribution < -0.4 is 5.73 Å². The molecule has 1 saturated heterocycles. The topological polar surface area (TPSA) is 46.3 Å². The van der Waals surface area contributed by atoms with Gasteiger partial charge in [0.15, 0.2) is 0 Å². The van der Waals surface area contributed by atoms with Gasteiger partial charge in [0.2, 0.25) is 5.91 Å². The first kappa shape index (κ1) is 12.5. The van der Waals surface area contributed by atoms with Crippen molar-refractivity contribution < 1.29 is 4.79 Å². The van der Waals surface area contributed by atoms with Gasteiger partial charge in [0.25, 0.3) is 0 Å². The van der Waals surface area contributed by atoms with Gasteiger partial charge in [-0.15, -0.1) is 0 Å². The quantitative estimate of drug-likeness (QED) is 0.777. The monoisotopic (exact) mass is 250 g/mol. The lowest BCUT2D eigenvalue weighted by Crippen LogP contribution is -2.60. The molecule has 1 heterocycles. The molecule has 2 unspecified atom stereocenters. The maximum Gasteiger partial charge on any atom is 0.242 e. The summed E-state index contributed by atoms with van der Waals surface area (Å²) in [6.07, 6.45) is 11.7. The van der Waals surface area contributed by atoms with E-state index in [9.17, 15) is 4.79 Å². The number of hydrogen-bond donors (Lipinski definition) is 1. The molecule has 3 rings (SSSR count). The zero-order chi connectivity index (χ0) is 12.6. The summed E-state index contributed by atoms with van der Waals surface area (Å²) in [6, 6.07) is 0.522. The molecule has 3 fully saturated rings. The Morgan fingerprint density at radius 2 is 1.72 bits per heavy atom. The van der Waals surface area contributed by atoms with E-state index in [0.717, 1.165) is 38.1 Å². The summed E-state index contributed by atoms with van der Waals surface area (Å²) in [4.78, 5) is 15.0. The first-order chi connectivity index (χ1) is 8.71. The predicted octanol–water partition coefficient (Wildman–Crippen LogP) is 2.44. The maximum atomic E-state index is 12.8. The van der Waals surface area contributed by atoms with E-state index in [-0.39, 0.29) is 5.91 Å². The lowest BCUT2D eigenvalue weighted by molar-refractivity contribution is -0.143. The third-order valence-corrected chi connectivity index (χ3v) is 5.43. The Balaban J connectivity index is 1.74. The third kappa shape index (κ3) is 2.07. The molecular formula is C15H26N2O. The van der Waals surface area contributed by atoms with E-state index in [4.69, 9.17) is 5.73 Å². The van der Waals surface area contributed by atoms with Crippen molar-refractivity contribution in [3.05, 3.63) is 0 Å². The van der Waals surface area contributed by atoms with Gasteiger partial charge in [0, 0.05) is 12.6 Å². The zero-order valence-corrected chi connectivity index (χ0v) is 11.4. The van der Waals surface area contributed by atoms with Crippen LogP contribution in [0, 0.1) is 5.92 Å². The smallest absolute Gasteiger partial charge is 0.242 e. The van der Waals surface area contributed by atoms with Crippen LogP contribution in [-0.4, -0.2) is 28.9 Å². The Kier molecular flexibility index (Phi) is 3.35. The third-order valence-electron chi connectivity index (χ3n) is 5.43. The Morgan fingerprint density at radius 3 is 2.50 bits per heavy atom. The van der Waals surface area contributed by atoms with Crippen molar-refractivity contribution in [3.8, 4) is 0 Å². The molecule has 18 heavy (non-hydrogen) atoms. The van der Waals surface area contributed by atoms with Crippen LogP contribution >= 0.6 is 0 Å². The Labute approximate surface area is 110 Å². The van der Waals surface area contributed by atoms with Crippen molar-refractivity contribution in [3.63, 3.8) is 0 Å². The second kappa shape index (κ2) is 4.84. The van der Waals surface area contributed by atoms with Crippen LogP contribution in [0.5, 0.6) is 0 Å². The van der Waals surface area contributed by atoms with Crippen LogP contribution in [0.15, 0.2) is 0 Å². The van der Waals surface area contributed by atoms with E-state index in [1.165, 1.54) is 38.5 Å². The fourth-order valence-electron chi connectivity index (χ4n) is 4.39. The summed E-state index contributed by atoms with van der Waals surface area (Å²) in [5, 5.41) is 0. The van der Waals surface area contributed by atoms with Crippen molar-refractivity contribution in [1.29, 1.82) is 0 Å². The molecule has 1 aliphatic heterocycles. The standard InChI is InChI=1S/C15H26N2O/c16-15(9-2-1-3-10-15)14(18)17-11-5-7-12-6-4-8-13(12)17/h12-13H,1-11,16H2. The molecule has 3 aliphatic rings. The molecule has 2 saturated carbocycles. The fraction of sp³-hybridized carbons (Fsp3) is 0.933. The number of carbonyl (C=O) groups excluding carboxylic acids is 1. The SMILES string of the molecule is NC1(C(=O)N2CCCC3CCCC32)CCCCC1. The number of piperidine rings is 1. The molecule has 0 aromatic heterocycles. The van der Waals surface area contributed by atoms with E-state index >= 15 is 0 Å². The van der Waals surface area contributed by atoms with E-state index in [0.29, 0.717) is 6.04 Å². The number of hydrogen-bond acceptors (Lipinski definition) is 2. The summed E-state index contributed by atoms with van der Waals surface area (Å²) in [5.74, 6) is 1.05. The van der Waals surface area contributed by atoms with Gasteiger partial charge in [-0.05, 0) is 44.4 Å². The fourth-order valence-corrected chi connectivity index (χ4v) is 4.39. The van der Waals surface area contributed by atoms with Gasteiger partial charge >= 0.3 is 0 Å². The number of rotatable bonds is 1. The lowest BCUT2D eigenvalue weighted by atomic mass is 9.80. The number of amides is 1. The highest BCUT2D eigenvalue weighted by atomic mass is 16.2. The molecular weight excluding hydrogens is 224 g/mol. The van der Waals surface area contributed by atoms with Crippen LogP contribution in [0.25, 0.3) is 0 Å². The summed E-state index contributed by atoms with van der Waals surface area (Å²) >= 11 is 0. The summed E-state index contributed by atoms with van der Waals surface area (Å²) in [7, 11) is 0. The van der Waals surface area contributed by atoms with Gasteiger partial charge in [0.1, 0.15) is 0 Å². The number of carbonyl (C=O) groups is 1. The van der Waals surface area contributed by atoms with Gasteiger partial charge in [-0.25, -0.2) is 0 Å². The summed E-state index contributed by atoms with van der Waals surface area (Å²) in [5.41, 5.74) is 5.90. The van der Waals surface area contributed by atoms with Crippen LogP contribution in [0.2, 0.25) is 0 Å². The highest BCUT2D eigenvalue weighted by molar-refractivity contribution is 5.86. The second-order valence-electron chi connectivity index (χ2n) is 6.62. The van der Waals surface area contributed by atoms with E-state index in [1.54, 1.807) is 0 Å². The molecule has 2 N–H and O–H groups in total. The van der Waals surface area contributed by atoms with E-state index in [2.05, 4.69) is 4.90 Å². The Morgan fingerprint density at radius 1 is 1.00 bits per heavy atom. The van der Waals surface area contributed by atoms with Crippen molar-refractivity contribution in [2.75, 3.05) is 6.54 Å². The minimum atomic E-state index is -0.525. The van der Waals surface area contributed by atoms with Gasteiger partial charge in [-0.2, -0.15) is 0 Å². The molecule has 2 atom stereocenters. The predicted molar refractivity (Wildman–Crippen MR) is 72.1 cm³/mol. The Hall–Kier alpha value is -0.570. The van der Waals surface area contributed by atoms with E-state index < -0.39 is 5.54 Å². The van der Waals surface area contributed by atoms with E-state index in [1.807, 2.05) is 0 Å². The van der Waals surface area contributed by atoms with Crippen LogP contribution in [0.4, 0.5) is 0 Å². The van der Waals surface area contributed by atoms with Crippen LogP contribution in [-0.2, 0) is 4.79 Å². The molecule has 3 nitrogen and oxygen atoms in total. The number of likely N-dealkylation sites (tertiary alicyclic amines) is 1. The molecule has 3 heteroatoms. The van der Waals surface area contributed by atoms with Crippen LogP contribution in [0.1, 0.15) is 64.2 Å². The van der Waals surface area contributed by atoms with Crippen molar-refractivity contribution >= 4 is 5.91 Å². The molecule has 1 amide bonds. The molecule has 0 aromatic carbocycles. The molecule has 0 aromatic rings. The summed E-state index contributed by atoms with van der Waals surface area (Å²) in [6.45, 7) is 0.957. The van der Waals surface area contributed by atoms with Gasteiger partial charge < -0.3 is 10.6 Å². The minimum absolute atomic E-state index is 0.277. The van der Waals surface area contributed by atoms with Gasteiger partial charge in [-0.1, -0.05) is 25.7 Å².